The maximum Gasteiger partial charge on any atom is 0.0897 e. The van der Waals surface area contributed by atoms with E-state index >= 15 is 0 Å². The number of halogens is 2. The Balaban J connectivity index is 0.000000144. The lowest BCUT2D eigenvalue weighted by atomic mass is 9.80. The molecule has 0 aliphatic carbocycles. The van der Waals surface area contributed by atoms with Crippen LogP contribution in [-0.4, -0.2) is 71.8 Å². The molecule has 65 heavy (non-hydrogen) atoms. The average molecular weight is 995 g/mol. The van der Waals surface area contributed by atoms with E-state index < -0.39 is 0 Å². The average Bonchev–Trinajstić information content (AvgIpc) is 4.17. The quantitative estimate of drug-likeness (QED) is 0.153. The summed E-state index contributed by atoms with van der Waals surface area (Å²) in [6.45, 7) is 8.11. The highest BCUT2D eigenvalue weighted by Gasteiger charge is 2.44. The number of benzene rings is 4. The van der Waals surface area contributed by atoms with Gasteiger partial charge in [-0.2, -0.15) is 0 Å². The fraction of sp³-hybridized carbons (Fsp3) is 0.418. The molecule has 4 aromatic carbocycles. The monoisotopic (exact) mass is 992 g/mol. The van der Waals surface area contributed by atoms with Gasteiger partial charge in [-0.3, -0.25) is 9.80 Å². The zero-order valence-electron chi connectivity index (χ0n) is 37.3. The maximum atomic E-state index is 6.32. The number of aromatic nitrogens is 2. The third-order valence-corrected chi connectivity index (χ3v) is 15.8. The summed E-state index contributed by atoms with van der Waals surface area (Å²) in [5, 5.41) is 10.3. The largest absolute Gasteiger partial charge is 0.377 e. The van der Waals surface area contributed by atoms with Crippen molar-refractivity contribution in [3.63, 3.8) is 0 Å². The van der Waals surface area contributed by atoms with E-state index in [0.717, 1.165) is 59.2 Å². The molecule has 12 rings (SSSR count). The number of ether oxygens (including phenoxy) is 2. The predicted octanol–water partition coefficient (Wildman–Crippen LogP) is 12.0. The first-order chi connectivity index (χ1) is 31.9. The number of rotatable bonds is 4. The SMILES string of the molecule is Brc1ccc2[nH]cc([C@H]3Nc4ccc(C#CCN5CCCCC5)cc4[C@H]4OCC[C@@H]34)c2c1.Cn1cc(C2Nc3ccc(C#CCN4CCCCC4)cc3[C@H]3OCC[C@@H]23)c2cc(Br)ccc21. The van der Waals surface area contributed by atoms with E-state index in [1.54, 1.807) is 0 Å². The number of aromatic amines is 1. The fourth-order valence-electron chi connectivity index (χ4n) is 11.5. The number of nitrogens with zero attached hydrogens (tertiary/aromatic N) is 3. The third kappa shape index (κ3) is 8.91. The van der Waals surface area contributed by atoms with Crippen LogP contribution in [0.15, 0.2) is 94.1 Å². The number of anilines is 2. The van der Waals surface area contributed by atoms with Crippen molar-refractivity contribution < 1.29 is 9.47 Å². The molecule has 0 amide bonds. The lowest BCUT2D eigenvalue weighted by molar-refractivity contribution is 0.0829. The van der Waals surface area contributed by atoms with Crippen molar-refractivity contribution in [1.29, 1.82) is 0 Å². The van der Waals surface area contributed by atoms with Crippen molar-refractivity contribution in [2.45, 2.75) is 75.7 Å². The van der Waals surface area contributed by atoms with Crippen LogP contribution in [0.5, 0.6) is 0 Å². The molecule has 6 aliphatic rings. The van der Waals surface area contributed by atoms with Crippen molar-refractivity contribution in [3.8, 4) is 23.7 Å². The molecule has 4 fully saturated rings. The molecule has 10 heteroatoms. The van der Waals surface area contributed by atoms with Crippen LogP contribution in [0, 0.1) is 35.5 Å². The topological polar surface area (TPSA) is 69.7 Å². The Morgan fingerprint density at radius 3 is 1.72 bits per heavy atom. The lowest BCUT2D eigenvalue weighted by Gasteiger charge is -2.36. The zero-order chi connectivity index (χ0) is 43.9. The molecule has 6 aromatic rings. The summed E-state index contributed by atoms with van der Waals surface area (Å²) in [7, 11) is 2.13. The molecule has 2 aromatic heterocycles. The summed E-state index contributed by atoms with van der Waals surface area (Å²) in [4.78, 5) is 8.39. The molecule has 6 atom stereocenters. The molecule has 3 N–H and O–H groups in total. The molecule has 6 aliphatic heterocycles. The number of likely N-dealkylation sites (tertiary alicyclic amines) is 2. The highest BCUT2D eigenvalue weighted by molar-refractivity contribution is 9.10. The van der Waals surface area contributed by atoms with Gasteiger partial charge >= 0.3 is 0 Å². The second kappa shape index (κ2) is 19.0. The highest BCUT2D eigenvalue weighted by Crippen LogP contribution is 2.53. The van der Waals surface area contributed by atoms with Crippen LogP contribution in [0.25, 0.3) is 21.8 Å². The smallest absolute Gasteiger partial charge is 0.0897 e. The fourth-order valence-corrected chi connectivity index (χ4v) is 12.2. The standard InChI is InChI=1S/C28H30BrN3O.C27H28BrN3O/c1-31-18-24(22-17-20(29)8-10-26(22)31)27-21-11-15-33-28(21)23-16-19(7-9-25(23)30-27)6-5-14-32-12-3-2-4-13-32;28-19-7-9-24-21(16-19)23(17-29-24)26-20-10-14-32-27(20)22-15-18(6-8-25(22)30-26)5-4-13-31-11-2-1-3-12-31/h7-10,16-18,21,27-28,30H,2-4,11-15H2,1H3;6-9,15-17,20,26-27,29-30H,1-3,10-14H2/t21-,27?,28-;20-,26-,27-/m00/s1. The molecule has 1 unspecified atom stereocenters. The summed E-state index contributed by atoms with van der Waals surface area (Å²) in [6.07, 6.45) is 14.8. The van der Waals surface area contributed by atoms with E-state index in [4.69, 9.17) is 9.47 Å². The van der Waals surface area contributed by atoms with Gasteiger partial charge in [0.25, 0.3) is 0 Å². The first-order valence-electron chi connectivity index (χ1n) is 23.9. The Morgan fingerprint density at radius 1 is 0.600 bits per heavy atom. The Hall–Kier alpha value is -4.52. The number of nitrogens with one attached hydrogen (secondary N) is 3. The first kappa shape index (κ1) is 43.1. The van der Waals surface area contributed by atoms with Crippen LogP contribution < -0.4 is 10.6 Å². The van der Waals surface area contributed by atoms with Crippen molar-refractivity contribution in [2.75, 3.05) is 63.1 Å². The maximum absolute atomic E-state index is 6.32. The van der Waals surface area contributed by atoms with Gasteiger partial charge in [0, 0.05) is 120 Å². The van der Waals surface area contributed by atoms with Crippen molar-refractivity contribution >= 4 is 65.0 Å². The number of hydrogen-bond acceptors (Lipinski definition) is 6. The summed E-state index contributed by atoms with van der Waals surface area (Å²) in [5.74, 6) is 14.5. The molecular formula is C55H58Br2N6O2. The first-order valence-corrected chi connectivity index (χ1v) is 25.5. The number of H-pyrrole nitrogens is 1. The molecule has 0 saturated carbocycles. The Labute approximate surface area is 400 Å². The summed E-state index contributed by atoms with van der Waals surface area (Å²) >= 11 is 7.30. The van der Waals surface area contributed by atoms with E-state index in [2.05, 4.69) is 178 Å². The van der Waals surface area contributed by atoms with Gasteiger partial charge in [0.2, 0.25) is 0 Å². The van der Waals surface area contributed by atoms with E-state index in [1.165, 1.54) is 120 Å². The van der Waals surface area contributed by atoms with Crippen LogP contribution in [0.3, 0.4) is 0 Å². The summed E-state index contributed by atoms with van der Waals surface area (Å²) in [5.41, 5.74) is 12.2. The molecule has 0 bridgehead atoms. The van der Waals surface area contributed by atoms with Crippen LogP contribution in [0.1, 0.15) is 109 Å². The number of aryl methyl sites for hydroxylation is 1. The molecule has 8 nitrogen and oxygen atoms in total. The van der Waals surface area contributed by atoms with Gasteiger partial charge in [0.1, 0.15) is 0 Å². The van der Waals surface area contributed by atoms with Gasteiger partial charge in [-0.15, -0.1) is 0 Å². The van der Waals surface area contributed by atoms with E-state index in [0.29, 0.717) is 11.8 Å². The second-order valence-electron chi connectivity index (χ2n) is 18.9. The summed E-state index contributed by atoms with van der Waals surface area (Å²) < 4.78 is 17.1. The zero-order valence-corrected chi connectivity index (χ0v) is 40.4. The summed E-state index contributed by atoms with van der Waals surface area (Å²) in [6, 6.07) is 26.6. The highest BCUT2D eigenvalue weighted by atomic mass is 79.9. The van der Waals surface area contributed by atoms with Crippen LogP contribution in [0.4, 0.5) is 11.4 Å². The lowest BCUT2D eigenvalue weighted by Crippen LogP contribution is -2.29. The van der Waals surface area contributed by atoms with Gasteiger partial charge < -0.3 is 29.7 Å². The predicted molar refractivity (Wildman–Crippen MR) is 270 cm³/mol. The molecule has 334 valence electrons. The number of hydrogen-bond donors (Lipinski definition) is 3. The molecular weight excluding hydrogens is 936 g/mol. The molecule has 0 spiro atoms. The minimum atomic E-state index is 0.122. The molecule has 0 radical (unpaired) electrons. The Kier molecular flexibility index (Phi) is 12.6. The van der Waals surface area contributed by atoms with Crippen LogP contribution in [-0.2, 0) is 16.5 Å². The van der Waals surface area contributed by atoms with E-state index in [9.17, 15) is 0 Å². The third-order valence-electron chi connectivity index (χ3n) is 14.8. The van der Waals surface area contributed by atoms with Crippen molar-refractivity contribution in [3.05, 3.63) is 128 Å². The van der Waals surface area contributed by atoms with Gasteiger partial charge in [-0.05, 0) is 138 Å². The number of fused-ring (bicyclic) bond motifs is 8. The molecule has 8 heterocycles. The van der Waals surface area contributed by atoms with Gasteiger partial charge in [0.05, 0.1) is 37.4 Å². The second-order valence-corrected chi connectivity index (χ2v) is 20.7. The number of piperidine rings is 2. The minimum Gasteiger partial charge on any atom is -0.377 e. The van der Waals surface area contributed by atoms with E-state index in [-0.39, 0.29) is 24.3 Å². The Morgan fingerprint density at radius 2 is 1.14 bits per heavy atom. The van der Waals surface area contributed by atoms with Crippen LogP contribution in [0.2, 0.25) is 0 Å². The molecule has 4 saturated heterocycles. The van der Waals surface area contributed by atoms with Gasteiger partial charge in [0.15, 0.2) is 0 Å². The van der Waals surface area contributed by atoms with Gasteiger partial charge in [-0.25, -0.2) is 0 Å². The normalized spacial score (nSPS) is 24.8. The van der Waals surface area contributed by atoms with Gasteiger partial charge in [-0.1, -0.05) is 68.4 Å². The minimum absolute atomic E-state index is 0.122. The van der Waals surface area contributed by atoms with E-state index in [1.807, 2.05) is 0 Å². The van der Waals surface area contributed by atoms with Crippen LogP contribution >= 0.6 is 31.9 Å². The Bertz CT molecular complexity index is 2830. The van der Waals surface area contributed by atoms with Crippen molar-refractivity contribution in [1.82, 2.24) is 19.4 Å². The van der Waals surface area contributed by atoms with Crippen molar-refractivity contribution in [2.24, 2.45) is 18.9 Å².